The maximum absolute atomic E-state index is 2.37. The van der Waals surface area contributed by atoms with Crippen molar-refractivity contribution in [1.82, 2.24) is 4.90 Å². The summed E-state index contributed by atoms with van der Waals surface area (Å²) in [5.41, 5.74) is 4.09. The maximum Gasteiger partial charge on any atom is 0.0909 e. The van der Waals surface area contributed by atoms with E-state index in [1.807, 2.05) is 0 Å². The Labute approximate surface area is 167 Å². The monoisotopic (exact) mass is 373 g/mol. The highest BCUT2D eigenvalue weighted by Crippen LogP contribution is 2.53. The highest BCUT2D eigenvalue weighted by atomic mass is 32.2. The fraction of sp³-hybridized carbons (Fsp3) is 0.280. The van der Waals surface area contributed by atoms with Crippen molar-refractivity contribution in [3.05, 3.63) is 108 Å². The van der Waals surface area contributed by atoms with Crippen LogP contribution in [-0.4, -0.2) is 30.3 Å². The summed E-state index contributed by atoms with van der Waals surface area (Å²) in [6.07, 6.45) is 2.51. The lowest BCUT2D eigenvalue weighted by atomic mass is 9.84. The lowest BCUT2D eigenvalue weighted by Gasteiger charge is -2.45. The number of hydrogen-bond acceptors (Lipinski definition) is 2. The summed E-state index contributed by atoms with van der Waals surface area (Å²) >= 11 is 2.13. The van der Waals surface area contributed by atoms with Crippen molar-refractivity contribution in [1.29, 1.82) is 0 Å². The standard InChI is InChI=1S/C25H27NS/c1-26(2)23-18-24(19-23)27-25(20-12-6-3-7-13-20,21-14-8-4-9-15-21)22-16-10-5-11-17-22/h3-17,23-24H,18-19H2,1-2H3. The fourth-order valence-corrected chi connectivity index (χ4v) is 5.98. The molecule has 1 aliphatic carbocycles. The van der Waals surface area contributed by atoms with E-state index in [1.165, 1.54) is 29.5 Å². The summed E-state index contributed by atoms with van der Waals surface area (Å²) in [6, 6.07) is 33.8. The number of hydrogen-bond donors (Lipinski definition) is 0. The highest BCUT2D eigenvalue weighted by Gasteiger charge is 2.43. The van der Waals surface area contributed by atoms with Crippen molar-refractivity contribution < 1.29 is 0 Å². The van der Waals surface area contributed by atoms with Crippen LogP contribution in [0.2, 0.25) is 0 Å². The quantitative estimate of drug-likeness (QED) is 0.502. The van der Waals surface area contributed by atoms with Gasteiger partial charge in [-0.3, -0.25) is 0 Å². The van der Waals surface area contributed by atoms with E-state index in [1.54, 1.807) is 0 Å². The Hall–Kier alpha value is -2.03. The third kappa shape index (κ3) is 3.56. The van der Waals surface area contributed by atoms with Gasteiger partial charge in [0.25, 0.3) is 0 Å². The zero-order chi connectivity index (χ0) is 18.7. The van der Waals surface area contributed by atoms with Gasteiger partial charge in [-0.25, -0.2) is 0 Å². The summed E-state index contributed by atoms with van der Waals surface area (Å²) in [4.78, 5) is 2.37. The molecule has 0 spiro atoms. The Morgan fingerprint density at radius 1 is 0.667 bits per heavy atom. The van der Waals surface area contributed by atoms with Crippen molar-refractivity contribution in [3.8, 4) is 0 Å². The SMILES string of the molecule is CN(C)C1CC(SC(c2ccccc2)(c2ccccc2)c2ccccc2)C1. The van der Waals surface area contributed by atoms with Crippen molar-refractivity contribution in [2.24, 2.45) is 0 Å². The van der Waals surface area contributed by atoms with Crippen LogP contribution in [0.3, 0.4) is 0 Å². The van der Waals surface area contributed by atoms with Gasteiger partial charge in [-0.05, 0) is 43.6 Å². The predicted octanol–water partition coefficient (Wildman–Crippen LogP) is 5.80. The van der Waals surface area contributed by atoms with E-state index in [4.69, 9.17) is 0 Å². The van der Waals surface area contributed by atoms with Gasteiger partial charge >= 0.3 is 0 Å². The smallest absolute Gasteiger partial charge is 0.0909 e. The number of rotatable bonds is 6. The van der Waals surface area contributed by atoms with E-state index in [-0.39, 0.29) is 4.75 Å². The molecular weight excluding hydrogens is 346 g/mol. The van der Waals surface area contributed by atoms with Crippen molar-refractivity contribution >= 4 is 11.8 Å². The average Bonchev–Trinajstić information content (AvgIpc) is 2.69. The van der Waals surface area contributed by atoms with E-state index in [2.05, 4.69) is 122 Å². The van der Waals surface area contributed by atoms with Gasteiger partial charge in [0.15, 0.2) is 0 Å². The zero-order valence-corrected chi connectivity index (χ0v) is 16.9. The van der Waals surface area contributed by atoms with Crippen LogP contribution < -0.4 is 0 Å². The third-order valence-corrected chi connectivity index (χ3v) is 7.46. The minimum absolute atomic E-state index is 0.175. The Kier molecular flexibility index (Phi) is 5.38. The normalized spacial score (nSPS) is 19.7. The van der Waals surface area contributed by atoms with Crippen LogP contribution in [0.5, 0.6) is 0 Å². The predicted molar refractivity (Wildman–Crippen MR) is 117 cm³/mol. The third-order valence-electron chi connectivity index (χ3n) is 5.68. The maximum atomic E-state index is 2.37. The van der Waals surface area contributed by atoms with Gasteiger partial charge in [0, 0.05) is 11.3 Å². The molecule has 0 amide bonds. The average molecular weight is 374 g/mol. The van der Waals surface area contributed by atoms with Gasteiger partial charge in [-0.2, -0.15) is 0 Å². The molecule has 27 heavy (non-hydrogen) atoms. The first-order valence-corrected chi connectivity index (χ1v) is 10.6. The first-order chi connectivity index (χ1) is 13.2. The van der Waals surface area contributed by atoms with Crippen LogP contribution in [0.25, 0.3) is 0 Å². The minimum Gasteiger partial charge on any atom is -0.306 e. The van der Waals surface area contributed by atoms with Gasteiger partial charge < -0.3 is 4.90 Å². The van der Waals surface area contributed by atoms with Gasteiger partial charge in [-0.15, -0.1) is 11.8 Å². The van der Waals surface area contributed by atoms with Crippen molar-refractivity contribution in [2.75, 3.05) is 14.1 Å². The number of nitrogens with zero attached hydrogens (tertiary/aromatic N) is 1. The molecule has 2 heteroatoms. The summed E-state index contributed by atoms with van der Waals surface area (Å²) in [5.74, 6) is 0. The molecule has 0 N–H and O–H groups in total. The Morgan fingerprint density at radius 2 is 1.04 bits per heavy atom. The van der Waals surface area contributed by atoms with E-state index < -0.39 is 0 Å². The Balaban J connectivity index is 1.83. The molecule has 1 saturated carbocycles. The molecule has 0 unspecified atom stereocenters. The lowest BCUT2D eigenvalue weighted by Crippen LogP contribution is -2.44. The van der Waals surface area contributed by atoms with E-state index in [9.17, 15) is 0 Å². The zero-order valence-electron chi connectivity index (χ0n) is 16.1. The molecule has 0 saturated heterocycles. The van der Waals surface area contributed by atoms with Crippen LogP contribution in [0, 0.1) is 0 Å². The first kappa shape index (κ1) is 18.3. The first-order valence-electron chi connectivity index (χ1n) is 9.71. The molecule has 0 aromatic heterocycles. The summed E-state index contributed by atoms with van der Waals surface area (Å²) in [7, 11) is 4.40. The second-order valence-electron chi connectivity index (χ2n) is 7.61. The number of benzene rings is 3. The molecule has 1 nitrogen and oxygen atoms in total. The highest BCUT2D eigenvalue weighted by molar-refractivity contribution is 8.01. The molecule has 3 aromatic rings. The van der Waals surface area contributed by atoms with Crippen molar-refractivity contribution in [2.45, 2.75) is 28.9 Å². The molecule has 0 heterocycles. The van der Waals surface area contributed by atoms with Crippen molar-refractivity contribution in [3.63, 3.8) is 0 Å². The Bertz CT molecular complexity index is 743. The van der Waals surface area contributed by atoms with E-state index in [0.717, 1.165) is 0 Å². The van der Waals surface area contributed by atoms with Gasteiger partial charge in [0.05, 0.1) is 4.75 Å². The molecule has 1 aliphatic rings. The molecule has 1 fully saturated rings. The van der Waals surface area contributed by atoms with E-state index >= 15 is 0 Å². The molecule has 0 aliphatic heterocycles. The largest absolute Gasteiger partial charge is 0.306 e. The second kappa shape index (κ2) is 7.92. The molecule has 0 atom stereocenters. The summed E-state index contributed by atoms with van der Waals surface area (Å²) in [5, 5.41) is 0.665. The fourth-order valence-electron chi connectivity index (χ4n) is 4.03. The van der Waals surface area contributed by atoms with Crippen LogP contribution >= 0.6 is 11.8 Å². The molecule has 3 aromatic carbocycles. The molecule has 4 rings (SSSR count). The van der Waals surface area contributed by atoms with Gasteiger partial charge in [0.2, 0.25) is 0 Å². The van der Waals surface area contributed by atoms with Crippen LogP contribution in [0.15, 0.2) is 91.0 Å². The second-order valence-corrected chi connectivity index (χ2v) is 9.12. The summed E-state index contributed by atoms with van der Waals surface area (Å²) in [6.45, 7) is 0. The minimum atomic E-state index is -0.175. The lowest BCUT2D eigenvalue weighted by molar-refractivity contribution is 0.200. The van der Waals surface area contributed by atoms with Crippen LogP contribution in [-0.2, 0) is 4.75 Å². The van der Waals surface area contributed by atoms with Gasteiger partial charge in [-0.1, -0.05) is 91.0 Å². The van der Waals surface area contributed by atoms with Gasteiger partial charge in [0.1, 0.15) is 0 Å². The Morgan fingerprint density at radius 3 is 1.37 bits per heavy atom. The summed E-state index contributed by atoms with van der Waals surface area (Å²) < 4.78 is -0.175. The molecule has 138 valence electrons. The van der Waals surface area contributed by atoms with Crippen LogP contribution in [0.4, 0.5) is 0 Å². The van der Waals surface area contributed by atoms with Crippen LogP contribution in [0.1, 0.15) is 29.5 Å². The molecule has 0 bridgehead atoms. The number of thioether (sulfide) groups is 1. The molecular formula is C25H27NS. The topological polar surface area (TPSA) is 3.24 Å². The van der Waals surface area contributed by atoms with E-state index in [0.29, 0.717) is 11.3 Å². The molecule has 0 radical (unpaired) electrons.